The summed E-state index contributed by atoms with van der Waals surface area (Å²) in [4.78, 5) is 12.1. The molecule has 3 heterocycles. The average molecular weight is 477 g/mol. The van der Waals surface area contributed by atoms with E-state index in [9.17, 15) is 12.8 Å². The standard InChI is InChI=1S/C22H29FN6O3S/c1-13(2)12-25-33(30,31)8-4-6-29-18(26-19-20(24)27-22(23)28-21(19)29)11-16-10-17-15(5-7-32-17)9-14(16)3/h9-10,13,25H,4-8,11-12H2,1-3H3,(H2,24,27,28). The lowest BCUT2D eigenvalue weighted by molar-refractivity contribution is 0.356. The SMILES string of the molecule is Cc1cc2c(cc1Cc1nc3c(N)nc(F)nc3n1CCCS(=O)(=O)NCC(C)C)OCC2. The van der Waals surface area contributed by atoms with E-state index < -0.39 is 16.1 Å². The molecule has 0 fully saturated rings. The van der Waals surface area contributed by atoms with E-state index in [2.05, 4.69) is 25.7 Å². The number of nitrogen functional groups attached to an aromatic ring is 1. The van der Waals surface area contributed by atoms with Gasteiger partial charge in [0.1, 0.15) is 11.6 Å². The molecule has 0 aliphatic carbocycles. The van der Waals surface area contributed by atoms with Gasteiger partial charge < -0.3 is 15.0 Å². The van der Waals surface area contributed by atoms with Crippen LogP contribution in [0.3, 0.4) is 0 Å². The zero-order chi connectivity index (χ0) is 23.8. The Morgan fingerprint density at radius 1 is 1.27 bits per heavy atom. The minimum atomic E-state index is -3.42. The van der Waals surface area contributed by atoms with Crippen LogP contribution >= 0.6 is 0 Å². The molecule has 1 aliphatic heterocycles. The summed E-state index contributed by atoms with van der Waals surface area (Å²) in [6.07, 6.45) is 0.697. The van der Waals surface area contributed by atoms with Crippen LogP contribution in [-0.2, 0) is 29.4 Å². The summed E-state index contributed by atoms with van der Waals surface area (Å²) in [6.45, 7) is 7.26. The second-order valence-electron chi connectivity index (χ2n) is 8.81. The monoisotopic (exact) mass is 476 g/mol. The van der Waals surface area contributed by atoms with Crippen molar-refractivity contribution in [3.63, 3.8) is 0 Å². The molecule has 1 aliphatic rings. The molecule has 3 N–H and O–H groups in total. The molecule has 0 saturated carbocycles. The topological polar surface area (TPSA) is 125 Å². The van der Waals surface area contributed by atoms with Crippen molar-refractivity contribution in [2.24, 2.45) is 5.92 Å². The molecular formula is C22H29FN6O3S. The largest absolute Gasteiger partial charge is 0.493 e. The molecule has 0 radical (unpaired) electrons. The van der Waals surface area contributed by atoms with Crippen LogP contribution in [-0.4, -0.2) is 46.8 Å². The fourth-order valence-electron chi connectivity index (χ4n) is 3.94. The van der Waals surface area contributed by atoms with Gasteiger partial charge >= 0.3 is 6.08 Å². The molecule has 4 rings (SSSR count). The van der Waals surface area contributed by atoms with E-state index in [0.29, 0.717) is 43.9 Å². The van der Waals surface area contributed by atoms with Crippen molar-refractivity contribution in [1.82, 2.24) is 24.2 Å². The van der Waals surface area contributed by atoms with Crippen LogP contribution in [0, 0.1) is 18.9 Å². The molecule has 0 saturated heterocycles. The van der Waals surface area contributed by atoms with Crippen LogP contribution in [0.15, 0.2) is 12.1 Å². The summed E-state index contributed by atoms with van der Waals surface area (Å²) in [7, 11) is -3.42. The van der Waals surface area contributed by atoms with Gasteiger partial charge in [-0.15, -0.1) is 0 Å². The lowest BCUT2D eigenvalue weighted by Crippen LogP contribution is -2.30. The van der Waals surface area contributed by atoms with Crippen LogP contribution in [0.4, 0.5) is 10.2 Å². The molecule has 9 nitrogen and oxygen atoms in total. The number of aryl methyl sites for hydroxylation is 2. The predicted octanol–water partition coefficient (Wildman–Crippen LogP) is 2.35. The first-order valence-corrected chi connectivity index (χ1v) is 12.7. The van der Waals surface area contributed by atoms with E-state index in [1.54, 1.807) is 4.57 Å². The highest BCUT2D eigenvalue weighted by Gasteiger charge is 2.20. The number of benzene rings is 1. The number of hydrogen-bond acceptors (Lipinski definition) is 7. The van der Waals surface area contributed by atoms with E-state index >= 15 is 0 Å². The van der Waals surface area contributed by atoms with Crippen LogP contribution < -0.4 is 15.2 Å². The highest BCUT2D eigenvalue weighted by molar-refractivity contribution is 7.89. The number of rotatable bonds is 9. The van der Waals surface area contributed by atoms with E-state index in [4.69, 9.17) is 10.5 Å². The summed E-state index contributed by atoms with van der Waals surface area (Å²) in [5, 5.41) is 0. The maximum Gasteiger partial charge on any atom is 0.312 e. The number of ether oxygens (including phenoxy) is 1. The third-order valence-corrected chi connectivity index (χ3v) is 7.11. The van der Waals surface area contributed by atoms with Crippen LogP contribution in [0.5, 0.6) is 5.75 Å². The maximum absolute atomic E-state index is 13.9. The molecule has 1 aromatic carbocycles. The molecule has 11 heteroatoms. The van der Waals surface area contributed by atoms with Crippen molar-refractivity contribution in [1.29, 1.82) is 0 Å². The quantitative estimate of drug-likeness (QED) is 0.454. The number of imidazole rings is 1. The van der Waals surface area contributed by atoms with Crippen molar-refractivity contribution < 1.29 is 17.5 Å². The Morgan fingerprint density at radius 2 is 2.06 bits per heavy atom. The predicted molar refractivity (Wildman–Crippen MR) is 124 cm³/mol. The van der Waals surface area contributed by atoms with Crippen LogP contribution in [0.25, 0.3) is 11.2 Å². The molecular weight excluding hydrogens is 447 g/mol. The molecule has 3 aromatic rings. The summed E-state index contributed by atoms with van der Waals surface area (Å²) < 4.78 is 48.6. The average Bonchev–Trinajstić information content (AvgIpc) is 3.31. The first kappa shape index (κ1) is 23.4. The van der Waals surface area contributed by atoms with E-state index in [0.717, 1.165) is 23.3 Å². The van der Waals surface area contributed by atoms with Gasteiger partial charge in [-0.1, -0.05) is 19.9 Å². The van der Waals surface area contributed by atoms with Gasteiger partial charge in [0.2, 0.25) is 10.0 Å². The maximum atomic E-state index is 13.9. The summed E-state index contributed by atoms with van der Waals surface area (Å²) in [6, 6.07) is 4.13. The fourth-order valence-corrected chi connectivity index (χ4v) is 5.18. The second kappa shape index (κ2) is 9.22. The van der Waals surface area contributed by atoms with Crippen molar-refractivity contribution >= 4 is 27.0 Å². The van der Waals surface area contributed by atoms with Crippen molar-refractivity contribution in [2.45, 2.75) is 46.6 Å². The number of fused-ring (bicyclic) bond motifs is 2. The summed E-state index contributed by atoms with van der Waals surface area (Å²) in [5.41, 5.74) is 9.78. The molecule has 33 heavy (non-hydrogen) atoms. The molecule has 0 unspecified atom stereocenters. The van der Waals surface area contributed by atoms with Gasteiger partial charge in [0, 0.05) is 25.9 Å². The Bertz CT molecular complexity index is 1290. The number of hydrogen-bond donors (Lipinski definition) is 2. The molecule has 178 valence electrons. The Kier molecular flexibility index (Phi) is 6.53. The molecule has 0 atom stereocenters. The lowest BCUT2D eigenvalue weighted by atomic mass is 10.0. The third-order valence-electron chi connectivity index (χ3n) is 5.68. The van der Waals surface area contributed by atoms with Crippen molar-refractivity contribution in [3.05, 3.63) is 40.7 Å². The Labute approximate surface area is 192 Å². The van der Waals surface area contributed by atoms with E-state index in [1.165, 1.54) is 5.56 Å². The summed E-state index contributed by atoms with van der Waals surface area (Å²) >= 11 is 0. The lowest BCUT2D eigenvalue weighted by Gasteiger charge is -2.12. The van der Waals surface area contributed by atoms with Gasteiger partial charge in [-0.05, 0) is 42.0 Å². The van der Waals surface area contributed by atoms with Crippen LogP contribution in [0.2, 0.25) is 0 Å². The first-order chi connectivity index (χ1) is 15.6. The number of nitrogens with one attached hydrogen (secondary N) is 1. The zero-order valence-corrected chi connectivity index (χ0v) is 19.9. The number of aromatic nitrogens is 4. The molecule has 2 aromatic heterocycles. The highest BCUT2D eigenvalue weighted by atomic mass is 32.2. The number of nitrogens with zero attached hydrogens (tertiary/aromatic N) is 4. The Balaban J connectivity index is 1.63. The minimum absolute atomic E-state index is 0.0438. The number of anilines is 1. The minimum Gasteiger partial charge on any atom is -0.493 e. The van der Waals surface area contributed by atoms with Gasteiger partial charge in [0.25, 0.3) is 0 Å². The van der Waals surface area contributed by atoms with Gasteiger partial charge in [-0.2, -0.15) is 14.4 Å². The molecule has 0 bridgehead atoms. The highest BCUT2D eigenvalue weighted by Crippen LogP contribution is 2.30. The number of sulfonamides is 1. The van der Waals surface area contributed by atoms with Crippen LogP contribution in [0.1, 0.15) is 42.8 Å². The third kappa shape index (κ3) is 5.25. The van der Waals surface area contributed by atoms with Crippen molar-refractivity contribution in [2.75, 3.05) is 24.6 Å². The molecule has 0 spiro atoms. The molecule has 0 amide bonds. The smallest absolute Gasteiger partial charge is 0.312 e. The normalized spacial score (nSPS) is 13.6. The Morgan fingerprint density at radius 3 is 2.82 bits per heavy atom. The van der Waals surface area contributed by atoms with E-state index in [1.807, 2.05) is 26.8 Å². The Hall–Kier alpha value is -2.79. The number of halogens is 1. The van der Waals surface area contributed by atoms with Gasteiger partial charge in [0.05, 0.1) is 12.4 Å². The van der Waals surface area contributed by atoms with Gasteiger partial charge in [0.15, 0.2) is 17.0 Å². The van der Waals surface area contributed by atoms with E-state index in [-0.39, 0.29) is 23.1 Å². The first-order valence-electron chi connectivity index (χ1n) is 11.0. The van der Waals surface area contributed by atoms with Gasteiger partial charge in [-0.3, -0.25) is 0 Å². The zero-order valence-electron chi connectivity index (χ0n) is 19.1. The second-order valence-corrected chi connectivity index (χ2v) is 10.7. The van der Waals surface area contributed by atoms with Crippen molar-refractivity contribution in [3.8, 4) is 5.75 Å². The van der Waals surface area contributed by atoms with Gasteiger partial charge in [-0.25, -0.2) is 18.1 Å². The fraction of sp³-hybridized carbons (Fsp3) is 0.500. The number of nitrogens with two attached hydrogens (primary N) is 1. The summed E-state index contributed by atoms with van der Waals surface area (Å²) in [5.74, 6) is 1.59.